The van der Waals surface area contributed by atoms with E-state index in [1.54, 1.807) is 0 Å². The Balaban J connectivity index is 2.30. The summed E-state index contributed by atoms with van der Waals surface area (Å²) < 4.78 is 26.3. The minimum Gasteiger partial charge on any atom is -0.462 e. The molecule has 1 aliphatic heterocycles. The van der Waals surface area contributed by atoms with Gasteiger partial charge in [-0.3, -0.25) is 4.79 Å². The van der Waals surface area contributed by atoms with Gasteiger partial charge in [-0.1, -0.05) is 0 Å². The Bertz CT molecular complexity index is 267. The van der Waals surface area contributed by atoms with Crippen molar-refractivity contribution in [1.82, 2.24) is 0 Å². The van der Waals surface area contributed by atoms with E-state index >= 15 is 0 Å². The lowest BCUT2D eigenvalue weighted by molar-refractivity contribution is -0.141. The van der Waals surface area contributed by atoms with E-state index < -0.39 is 9.84 Å². The molecule has 70 valence electrons. The second-order valence-electron chi connectivity index (χ2n) is 3.07. The summed E-state index contributed by atoms with van der Waals surface area (Å²) in [7, 11) is -2.92. The standard InChI is InChI=1S/C7H12O4S/c1-12(9,10)5-4-6-2-3-7(8)11-6/h6H,2-5H2,1H3/t6-/m1/s1. The summed E-state index contributed by atoms with van der Waals surface area (Å²) in [5.74, 6) is -0.112. The molecule has 0 aliphatic carbocycles. The Morgan fingerprint density at radius 2 is 2.25 bits per heavy atom. The molecule has 0 saturated carbocycles. The van der Waals surface area contributed by atoms with Gasteiger partial charge in [0.2, 0.25) is 0 Å². The fourth-order valence-corrected chi connectivity index (χ4v) is 1.82. The van der Waals surface area contributed by atoms with Crippen LogP contribution in [0, 0.1) is 0 Å². The first kappa shape index (κ1) is 9.51. The summed E-state index contributed by atoms with van der Waals surface area (Å²) in [6.45, 7) is 0. The number of carbonyl (C=O) groups excluding carboxylic acids is 1. The van der Waals surface area contributed by atoms with Crippen molar-refractivity contribution in [2.75, 3.05) is 12.0 Å². The molecule has 0 aromatic rings. The summed E-state index contributed by atoms with van der Waals surface area (Å²) in [5.41, 5.74) is 0. The number of carbonyl (C=O) groups is 1. The minimum atomic E-state index is -2.92. The van der Waals surface area contributed by atoms with Gasteiger partial charge in [0, 0.05) is 12.7 Å². The van der Waals surface area contributed by atoms with E-state index in [-0.39, 0.29) is 17.8 Å². The Morgan fingerprint density at radius 1 is 1.58 bits per heavy atom. The van der Waals surface area contributed by atoms with Crippen LogP contribution in [0.4, 0.5) is 0 Å². The van der Waals surface area contributed by atoms with Crippen molar-refractivity contribution >= 4 is 15.8 Å². The third-order valence-electron chi connectivity index (χ3n) is 1.78. The van der Waals surface area contributed by atoms with E-state index in [9.17, 15) is 13.2 Å². The summed E-state index contributed by atoms with van der Waals surface area (Å²) >= 11 is 0. The molecule has 0 N–H and O–H groups in total. The molecule has 12 heavy (non-hydrogen) atoms. The zero-order valence-electron chi connectivity index (χ0n) is 6.95. The molecule has 1 aliphatic rings. The van der Waals surface area contributed by atoms with Gasteiger partial charge in [-0.05, 0) is 12.8 Å². The Hall–Kier alpha value is -0.580. The van der Waals surface area contributed by atoms with Gasteiger partial charge in [0.1, 0.15) is 15.9 Å². The number of cyclic esters (lactones) is 1. The average Bonchev–Trinajstić information content (AvgIpc) is 2.30. The third-order valence-corrected chi connectivity index (χ3v) is 2.76. The normalized spacial score (nSPS) is 24.1. The molecule has 4 nitrogen and oxygen atoms in total. The van der Waals surface area contributed by atoms with Gasteiger partial charge in [-0.15, -0.1) is 0 Å². The minimum absolute atomic E-state index is 0.102. The molecule has 0 aromatic heterocycles. The lowest BCUT2D eigenvalue weighted by Gasteiger charge is -2.06. The van der Waals surface area contributed by atoms with E-state index in [1.807, 2.05) is 0 Å². The molecule has 0 amide bonds. The molecule has 5 heteroatoms. The van der Waals surface area contributed by atoms with E-state index in [0.717, 1.165) is 0 Å². The van der Waals surface area contributed by atoms with Crippen molar-refractivity contribution < 1.29 is 17.9 Å². The summed E-state index contributed by atoms with van der Waals surface area (Å²) in [6, 6.07) is 0. The maximum atomic E-state index is 10.7. The van der Waals surface area contributed by atoms with Crippen molar-refractivity contribution in [3.63, 3.8) is 0 Å². The first-order valence-electron chi connectivity index (χ1n) is 3.84. The number of hydrogen-bond donors (Lipinski definition) is 0. The first-order chi connectivity index (χ1) is 5.47. The molecular formula is C7H12O4S. The fraction of sp³-hybridized carbons (Fsp3) is 0.857. The van der Waals surface area contributed by atoms with E-state index in [4.69, 9.17) is 4.74 Å². The molecule has 0 aromatic carbocycles. The quantitative estimate of drug-likeness (QED) is 0.596. The molecule has 0 radical (unpaired) electrons. The van der Waals surface area contributed by atoms with Crippen LogP contribution in [0.3, 0.4) is 0 Å². The largest absolute Gasteiger partial charge is 0.462 e. The van der Waals surface area contributed by atoms with Gasteiger partial charge in [-0.25, -0.2) is 8.42 Å². The second kappa shape index (κ2) is 3.43. The van der Waals surface area contributed by atoms with Gasteiger partial charge in [0.25, 0.3) is 0 Å². The molecule has 0 spiro atoms. The van der Waals surface area contributed by atoms with E-state index in [2.05, 4.69) is 0 Å². The highest BCUT2D eigenvalue weighted by atomic mass is 32.2. The number of ether oxygens (including phenoxy) is 1. The van der Waals surface area contributed by atoms with E-state index in [1.165, 1.54) is 6.26 Å². The molecule has 1 fully saturated rings. The fourth-order valence-electron chi connectivity index (χ4n) is 1.13. The first-order valence-corrected chi connectivity index (χ1v) is 5.90. The van der Waals surface area contributed by atoms with Crippen LogP contribution in [0.25, 0.3) is 0 Å². The SMILES string of the molecule is CS(=O)(=O)CC[C@H]1CCC(=O)O1. The lowest BCUT2D eigenvalue weighted by atomic mass is 10.2. The van der Waals surface area contributed by atoms with Gasteiger partial charge >= 0.3 is 5.97 Å². The van der Waals surface area contributed by atoms with Crippen LogP contribution in [0.1, 0.15) is 19.3 Å². The average molecular weight is 192 g/mol. The Morgan fingerprint density at radius 3 is 2.67 bits per heavy atom. The highest BCUT2D eigenvalue weighted by Gasteiger charge is 2.23. The van der Waals surface area contributed by atoms with Crippen molar-refractivity contribution in [1.29, 1.82) is 0 Å². The zero-order chi connectivity index (χ0) is 9.19. The monoisotopic (exact) mass is 192 g/mol. The van der Waals surface area contributed by atoms with Crippen LogP contribution in [0.5, 0.6) is 0 Å². The topological polar surface area (TPSA) is 60.4 Å². The van der Waals surface area contributed by atoms with Crippen LogP contribution in [0.15, 0.2) is 0 Å². The number of rotatable bonds is 3. The predicted octanol–water partition coefficient (Wildman–Crippen LogP) is 0.127. The van der Waals surface area contributed by atoms with Crippen LogP contribution in [0.2, 0.25) is 0 Å². The molecule has 1 atom stereocenters. The second-order valence-corrected chi connectivity index (χ2v) is 5.33. The molecular weight excluding hydrogens is 180 g/mol. The lowest BCUT2D eigenvalue weighted by Crippen LogP contribution is -2.13. The number of hydrogen-bond acceptors (Lipinski definition) is 4. The van der Waals surface area contributed by atoms with Crippen molar-refractivity contribution in [2.45, 2.75) is 25.4 Å². The molecule has 0 bridgehead atoms. The summed E-state index contributed by atoms with van der Waals surface area (Å²) in [5, 5.41) is 0. The molecule has 1 saturated heterocycles. The van der Waals surface area contributed by atoms with Gasteiger partial charge in [0.15, 0.2) is 0 Å². The summed E-state index contributed by atoms with van der Waals surface area (Å²) in [6.07, 6.45) is 2.53. The molecule has 1 heterocycles. The Labute approximate surface area is 71.8 Å². The highest BCUT2D eigenvalue weighted by molar-refractivity contribution is 7.90. The van der Waals surface area contributed by atoms with Crippen LogP contribution in [-0.2, 0) is 19.4 Å². The van der Waals surface area contributed by atoms with Crippen LogP contribution >= 0.6 is 0 Å². The van der Waals surface area contributed by atoms with Crippen molar-refractivity contribution in [3.05, 3.63) is 0 Å². The van der Waals surface area contributed by atoms with Crippen molar-refractivity contribution in [2.24, 2.45) is 0 Å². The Kier molecular flexibility index (Phi) is 2.72. The van der Waals surface area contributed by atoms with Crippen LogP contribution < -0.4 is 0 Å². The van der Waals surface area contributed by atoms with Crippen LogP contribution in [-0.4, -0.2) is 32.5 Å². The van der Waals surface area contributed by atoms with Gasteiger partial charge in [0.05, 0.1) is 5.75 Å². The van der Waals surface area contributed by atoms with Gasteiger partial charge in [-0.2, -0.15) is 0 Å². The summed E-state index contributed by atoms with van der Waals surface area (Å²) in [4.78, 5) is 10.6. The molecule has 1 rings (SSSR count). The smallest absolute Gasteiger partial charge is 0.306 e. The highest BCUT2D eigenvalue weighted by Crippen LogP contribution is 2.16. The maximum absolute atomic E-state index is 10.7. The van der Waals surface area contributed by atoms with Gasteiger partial charge < -0.3 is 4.74 Å². The van der Waals surface area contributed by atoms with E-state index in [0.29, 0.717) is 19.3 Å². The molecule has 0 unspecified atom stereocenters. The van der Waals surface area contributed by atoms with Crippen molar-refractivity contribution in [3.8, 4) is 0 Å². The maximum Gasteiger partial charge on any atom is 0.306 e. The third kappa shape index (κ3) is 3.21. The zero-order valence-corrected chi connectivity index (χ0v) is 7.76. The number of sulfone groups is 1. The number of esters is 1. The predicted molar refractivity (Wildman–Crippen MR) is 43.4 cm³/mol.